The van der Waals surface area contributed by atoms with Crippen molar-refractivity contribution in [2.75, 3.05) is 17.6 Å². The highest BCUT2D eigenvalue weighted by molar-refractivity contribution is 7.91. The van der Waals surface area contributed by atoms with E-state index >= 15 is 0 Å². The Hall–Kier alpha value is -1.03. The molecule has 0 atom stereocenters. The second-order valence-electron chi connectivity index (χ2n) is 4.12. The van der Waals surface area contributed by atoms with E-state index in [0.717, 1.165) is 11.3 Å². The van der Waals surface area contributed by atoms with Crippen molar-refractivity contribution in [3.63, 3.8) is 0 Å². The first-order chi connectivity index (χ1) is 7.02. The second kappa shape index (κ2) is 3.52. The molecule has 1 N–H and O–H groups in total. The molecular weight excluding hydrogens is 210 g/mol. The molecule has 0 spiro atoms. The lowest BCUT2D eigenvalue weighted by molar-refractivity contribution is 0.594. The SMILES string of the molecule is CC(C)c1cccc2c1NCCS2(=O)=O. The lowest BCUT2D eigenvalue weighted by atomic mass is 10.0. The van der Waals surface area contributed by atoms with Crippen LogP contribution in [0.1, 0.15) is 25.3 Å². The highest BCUT2D eigenvalue weighted by Crippen LogP contribution is 2.33. The lowest BCUT2D eigenvalue weighted by Crippen LogP contribution is -2.24. The van der Waals surface area contributed by atoms with Gasteiger partial charge in [-0.15, -0.1) is 0 Å². The van der Waals surface area contributed by atoms with Gasteiger partial charge in [0.2, 0.25) is 0 Å². The van der Waals surface area contributed by atoms with Gasteiger partial charge in [0.15, 0.2) is 9.84 Å². The van der Waals surface area contributed by atoms with Crippen LogP contribution in [0.5, 0.6) is 0 Å². The Morgan fingerprint density at radius 1 is 1.33 bits per heavy atom. The molecule has 0 fully saturated rings. The summed E-state index contributed by atoms with van der Waals surface area (Å²) in [5, 5.41) is 3.19. The van der Waals surface area contributed by atoms with E-state index < -0.39 is 9.84 Å². The maximum absolute atomic E-state index is 11.8. The topological polar surface area (TPSA) is 46.2 Å². The molecule has 2 rings (SSSR count). The molecule has 0 radical (unpaired) electrons. The predicted octanol–water partition coefficient (Wildman–Crippen LogP) is 2.01. The molecule has 1 aromatic carbocycles. The van der Waals surface area contributed by atoms with E-state index in [4.69, 9.17) is 0 Å². The molecule has 0 aliphatic carbocycles. The van der Waals surface area contributed by atoms with Gasteiger partial charge in [-0.25, -0.2) is 8.42 Å². The minimum Gasteiger partial charge on any atom is -0.383 e. The fourth-order valence-electron chi connectivity index (χ4n) is 1.90. The highest BCUT2D eigenvalue weighted by Gasteiger charge is 2.25. The number of fused-ring (bicyclic) bond motifs is 1. The molecule has 0 saturated heterocycles. The van der Waals surface area contributed by atoms with Crippen LogP contribution in [0.3, 0.4) is 0 Å². The maximum Gasteiger partial charge on any atom is 0.182 e. The molecule has 1 heterocycles. The van der Waals surface area contributed by atoms with Crippen molar-refractivity contribution in [1.82, 2.24) is 0 Å². The molecule has 15 heavy (non-hydrogen) atoms. The Bertz CT molecular complexity index is 477. The first-order valence-electron chi connectivity index (χ1n) is 5.12. The van der Waals surface area contributed by atoms with Gasteiger partial charge in [0.1, 0.15) is 0 Å². The minimum absolute atomic E-state index is 0.196. The van der Waals surface area contributed by atoms with Gasteiger partial charge in [-0.2, -0.15) is 0 Å². The van der Waals surface area contributed by atoms with Crippen LogP contribution in [0.15, 0.2) is 23.1 Å². The zero-order valence-corrected chi connectivity index (χ0v) is 9.76. The van der Waals surface area contributed by atoms with Gasteiger partial charge < -0.3 is 5.32 Å². The molecule has 0 bridgehead atoms. The third-order valence-corrected chi connectivity index (χ3v) is 4.44. The number of hydrogen-bond donors (Lipinski definition) is 1. The largest absolute Gasteiger partial charge is 0.383 e. The van der Waals surface area contributed by atoms with Crippen molar-refractivity contribution < 1.29 is 8.42 Å². The van der Waals surface area contributed by atoms with Gasteiger partial charge in [0, 0.05) is 6.54 Å². The number of rotatable bonds is 1. The van der Waals surface area contributed by atoms with Crippen LogP contribution in [0, 0.1) is 0 Å². The highest BCUT2D eigenvalue weighted by atomic mass is 32.2. The van der Waals surface area contributed by atoms with Crippen molar-refractivity contribution in [3.8, 4) is 0 Å². The number of nitrogens with one attached hydrogen (secondary N) is 1. The summed E-state index contributed by atoms with van der Waals surface area (Å²) in [6.07, 6.45) is 0. The van der Waals surface area contributed by atoms with Crippen molar-refractivity contribution in [2.24, 2.45) is 0 Å². The van der Waals surface area contributed by atoms with Crippen LogP contribution >= 0.6 is 0 Å². The average Bonchev–Trinajstić information content (AvgIpc) is 2.16. The molecule has 4 heteroatoms. The van der Waals surface area contributed by atoms with Gasteiger partial charge in [-0.05, 0) is 17.5 Å². The molecule has 1 aliphatic heterocycles. The number of sulfone groups is 1. The summed E-state index contributed by atoms with van der Waals surface area (Å²) >= 11 is 0. The normalized spacial score (nSPS) is 18.3. The number of hydrogen-bond acceptors (Lipinski definition) is 3. The van der Waals surface area contributed by atoms with E-state index in [1.54, 1.807) is 6.07 Å². The molecule has 0 amide bonds. The van der Waals surface area contributed by atoms with Gasteiger partial charge in [-0.3, -0.25) is 0 Å². The van der Waals surface area contributed by atoms with Crippen molar-refractivity contribution in [1.29, 1.82) is 0 Å². The first-order valence-corrected chi connectivity index (χ1v) is 6.77. The van der Waals surface area contributed by atoms with E-state index in [1.807, 2.05) is 12.1 Å². The summed E-state index contributed by atoms with van der Waals surface area (Å²) < 4.78 is 23.6. The van der Waals surface area contributed by atoms with Gasteiger partial charge in [-0.1, -0.05) is 26.0 Å². The molecule has 3 nitrogen and oxygen atoms in total. The summed E-state index contributed by atoms with van der Waals surface area (Å²) in [7, 11) is -3.06. The summed E-state index contributed by atoms with van der Waals surface area (Å²) in [5.74, 6) is 0.530. The average molecular weight is 225 g/mol. The van der Waals surface area contributed by atoms with Crippen LogP contribution in [0.4, 0.5) is 5.69 Å². The first kappa shape index (κ1) is 10.5. The van der Waals surface area contributed by atoms with E-state index in [9.17, 15) is 8.42 Å². The number of benzene rings is 1. The van der Waals surface area contributed by atoms with Crippen molar-refractivity contribution in [3.05, 3.63) is 23.8 Å². The monoisotopic (exact) mass is 225 g/mol. The third kappa shape index (κ3) is 1.74. The Morgan fingerprint density at radius 2 is 2.07 bits per heavy atom. The van der Waals surface area contributed by atoms with Crippen molar-refractivity contribution >= 4 is 15.5 Å². The Balaban J connectivity index is 2.67. The zero-order valence-electron chi connectivity index (χ0n) is 8.95. The molecule has 82 valence electrons. The van der Waals surface area contributed by atoms with E-state index in [1.165, 1.54) is 0 Å². The lowest BCUT2D eigenvalue weighted by Gasteiger charge is -2.22. The quantitative estimate of drug-likeness (QED) is 0.795. The summed E-state index contributed by atoms with van der Waals surface area (Å²) in [6.45, 7) is 4.65. The molecule has 1 aromatic rings. The molecule has 0 saturated carbocycles. The molecular formula is C11H15NO2S. The Morgan fingerprint density at radius 3 is 2.73 bits per heavy atom. The van der Waals surface area contributed by atoms with Crippen molar-refractivity contribution in [2.45, 2.75) is 24.7 Å². The summed E-state index contributed by atoms with van der Waals surface area (Å²) in [6, 6.07) is 5.48. The molecule has 1 aliphatic rings. The van der Waals surface area contributed by atoms with Crippen LogP contribution in [0.2, 0.25) is 0 Å². The maximum atomic E-state index is 11.8. The second-order valence-corrected chi connectivity index (χ2v) is 6.20. The number of para-hydroxylation sites is 1. The van der Waals surface area contributed by atoms with Crippen LogP contribution < -0.4 is 5.32 Å². The van der Waals surface area contributed by atoms with Gasteiger partial charge >= 0.3 is 0 Å². The number of anilines is 1. The van der Waals surface area contributed by atoms with Crippen LogP contribution in [-0.2, 0) is 9.84 Å². The van der Waals surface area contributed by atoms with Gasteiger partial charge in [0.25, 0.3) is 0 Å². The minimum atomic E-state index is -3.06. The summed E-state index contributed by atoms with van der Waals surface area (Å²) in [5.41, 5.74) is 1.88. The van der Waals surface area contributed by atoms with E-state index in [-0.39, 0.29) is 5.75 Å². The fourth-order valence-corrected chi connectivity index (χ4v) is 3.28. The predicted molar refractivity (Wildman–Crippen MR) is 61.1 cm³/mol. The zero-order chi connectivity index (χ0) is 11.1. The third-order valence-electron chi connectivity index (χ3n) is 2.69. The van der Waals surface area contributed by atoms with Crippen LogP contribution in [-0.4, -0.2) is 20.7 Å². The Labute approximate surface area is 90.4 Å². The van der Waals surface area contributed by atoms with Gasteiger partial charge in [0.05, 0.1) is 16.3 Å². The van der Waals surface area contributed by atoms with Crippen LogP contribution in [0.25, 0.3) is 0 Å². The van der Waals surface area contributed by atoms with E-state index in [0.29, 0.717) is 17.4 Å². The molecule has 0 unspecified atom stereocenters. The summed E-state index contributed by atoms with van der Waals surface area (Å²) in [4.78, 5) is 0.458. The van der Waals surface area contributed by atoms with E-state index in [2.05, 4.69) is 19.2 Å². The Kier molecular flexibility index (Phi) is 2.46. The standard InChI is InChI=1S/C11H15NO2S/c1-8(2)9-4-3-5-10-11(9)12-6-7-15(10,13)14/h3-5,8,12H,6-7H2,1-2H3. The fraction of sp³-hybridized carbons (Fsp3) is 0.455. The smallest absolute Gasteiger partial charge is 0.182 e. The molecule has 0 aromatic heterocycles.